The zero-order valence-electron chi connectivity index (χ0n) is 12.4. The van der Waals surface area contributed by atoms with Gasteiger partial charge in [-0.15, -0.1) is 0 Å². The second-order valence-corrected chi connectivity index (χ2v) is 5.08. The van der Waals surface area contributed by atoms with Gasteiger partial charge in [0.1, 0.15) is 0 Å². The molecule has 0 aliphatic rings. The number of ether oxygens (including phenoxy) is 1. The first-order valence-electron chi connectivity index (χ1n) is 7.20. The molecule has 0 aliphatic heterocycles. The van der Waals surface area contributed by atoms with Crippen LogP contribution in [0, 0.1) is 0 Å². The zero-order valence-corrected chi connectivity index (χ0v) is 12.4. The first kappa shape index (κ1) is 17.9. The van der Waals surface area contributed by atoms with Gasteiger partial charge in [0.15, 0.2) is 0 Å². The standard InChI is InChI=1S/C16H28O3/c1-5-7-8-9-10-11-12-13-14(3)16(4,18)19-15(17)6-2/h6,18H,2-3,5,7-13H2,1,4H3. The molecule has 0 aromatic rings. The van der Waals surface area contributed by atoms with Gasteiger partial charge in [-0.05, 0) is 18.4 Å². The van der Waals surface area contributed by atoms with E-state index in [1.807, 2.05) is 0 Å². The van der Waals surface area contributed by atoms with E-state index in [9.17, 15) is 9.90 Å². The van der Waals surface area contributed by atoms with Crippen LogP contribution < -0.4 is 0 Å². The molecule has 1 N–H and O–H groups in total. The molecule has 3 nitrogen and oxygen atoms in total. The Morgan fingerprint density at radius 2 is 1.74 bits per heavy atom. The Labute approximate surface area is 117 Å². The molecule has 0 aromatic carbocycles. The quantitative estimate of drug-likeness (QED) is 0.201. The summed E-state index contributed by atoms with van der Waals surface area (Å²) in [7, 11) is 0. The second-order valence-electron chi connectivity index (χ2n) is 5.08. The van der Waals surface area contributed by atoms with Crippen molar-refractivity contribution >= 4 is 5.97 Å². The summed E-state index contributed by atoms with van der Waals surface area (Å²) in [4.78, 5) is 11.1. The van der Waals surface area contributed by atoms with Gasteiger partial charge in [-0.3, -0.25) is 0 Å². The summed E-state index contributed by atoms with van der Waals surface area (Å²) in [5.74, 6) is -2.22. The highest BCUT2D eigenvalue weighted by molar-refractivity contribution is 5.81. The predicted molar refractivity (Wildman–Crippen MR) is 78.7 cm³/mol. The SMILES string of the molecule is C=CC(=O)OC(C)(O)C(=C)CCCCCCCCC. The molecule has 0 fully saturated rings. The normalized spacial score (nSPS) is 13.6. The third-order valence-electron chi connectivity index (χ3n) is 3.20. The van der Waals surface area contributed by atoms with Crippen molar-refractivity contribution in [1.29, 1.82) is 0 Å². The molecule has 1 unspecified atom stereocenters. The van der Waals surface area contributed by atoms with Crippen LogP contribution in [-0.2, 0) is 9.53 Å². The first-order valence-corrected chi connectivity index (χ1v) is 7.20. The van der Waals surface area contributed by atoms with Crippen LogP contribution in [0.1, 0.15) is 65.2 Å². The van der Waals surface area contributed by atoms with Gasteiger partial charge in [-0.2, -0.15) is 0 Å². The van der Waals surface area contributed by atoms with Gasteiger partial charge >= 0.3 is 5.97 Å². The van der Waals surface area contributed by atoms with Crippen molar-refractivity contribution in [3.8, 4) is 0 Å². The van der Waals surface area contributed by atoms with Crippen molar-refractivity contribution in [1.82, 2.24) is 0 Å². The smallest absolute Gasteiger partial charge is 0.332 e. The summed E-state index contributed by atoms with van der Waals surface area (Å²) in [6.07, 6.45) is 10.1. The molecule has 3 heteroatoms. The fourth-order valence-corrected chi connectivity index (χ4v) is 1.84. The average Bonchev–Trinajstić information content (AvgIpc) is 2.36. The van der Waals surface area contributed by atoms with Crippen LogP contribution in [0.5, 0.6) is 0 Å². The van der Waals surface area contributed by atoms with Gasteiger partial charge in [0.25, 0.3) is 0 Å². The number of unbranched alkanes of at least 4 members (excludes halogenated alkanes) is 6. The minimum absolute atomic E-state index is 0.538. The predicted octanol–water partition coefficient (Wildman–Crippen LogP) is 4.12. The summed E-state index contributed by atoms with van der Waals surface area (Å²) >= 11 is 0. The Morgan fingerprint density at radius 3 is 2.26 bits per heavy atom. The molecule has 0 heterocycles. The number of carbonyl (C=O) groups is 1. The molecular formula is C16H28O3. The lowest BCUT2D eigenvalue weighted by Crippen LogP contribution is -2.32. The molecule has 19 heavy (non-hydrogen) atoms. The van der Waals surface area contributed by atoms with Crippen molar-refractivity contribution in [2.75, 3.05) is 0 Å². The number of esters is 1. The number of hydrogen-bond acceptors (Lipinski definition) is 3. The Kier molecular flexibility index (Phi) is 9.23. The molecule has 0 rings (SSSR count). The first-order chi connectivity index (χ1) is 8.94. The molecule has 0 radical (unpaired) electrons. The molecule has 0 amide bonds. The molecule has 0 aliphatic carbocycles. The summed E-state index contributed by atoms with van der Waals surface area (Å²) < 4.78 is 4.86. The lowest BCUT2D eigenvalue weighted by molar-refractivity contribution is -0.183. The van der Waals surface area contributed by atoms with Gasteiger partial charge in [0.2, 0.25) is 5.79 Å². The van der Waals surface area contributed by atoms with Crippen molar-refractivity contribution < 1.29 is 14.6 Å². The summed E-state index contributed by atoms with van der Waals surface area (Å²) in [5, 5.41) is 9.97. The molecule has 0 saturated carbocycles. The molecule has 0 aromatic heterocycles. The van der Waals surface area contributed by atoms with Gasteiger partial charge in [-0.25, -0.2) is 4.79 Å². The fourth-order valence-electron chi connectivity index (χ4n) is 1.84. The van der Waals surface area contributed by atoms with Crippen molar-refractivity contribution in [3.63, 3.8) is 0 Å². The van der Waals surface area contributed by atoms with E-state index < -0.39 is 11.8 Å². The van der Waals surface area contributed by atoms with E-state index in [1.54, 1.807) is 0 Å². The number of carbonyl (C=O) groups excluding carboxylic acids is 1. The van der Waals surface area contributed by atoms with Crippen LogP contribution >= 0.6 is 0 Å². The summed E-state index contributed by atoms with van der Waals surface area (Å²) in [6, 6.07) is 0. The minimum Gasteiger partial charge on any atom is -0.426 e. The Bertz CT molecular complexity index is 292. The Morgan fingerprint density at radius 1 is 1.21 bits per heavy atom. The van der Waals surface area contributed by atoms with Gasteiger partial charge in [0, 0.05) is 13.0 Å². The van der Waals surface area contributed by atoms with Crippen molar-refractivity contribution in [3.05, 3.63) is 24.8 Å². The van der Waals surface area contributed by atoms with Gasteiger partial charge in [-0.1, -0.05) is 58.6 Å². The van der Waals surface area contributed by atoms with Crippen LogP contribution in [0.2, 0.25) is 0 Å². The van der Waals surface area contributed by atoms with E-state index in [-0.39, 0.29) is 0 Å². The zero-order chi connectivity index (χ0) is 14.7. The molecule has 110 valence electrons. The van der Waals surface area contributed by atoms with Crippen molar-refractivity contribution in [2.24, 2.45) is 0 Å². The van der Waals surface area contributed by atoms with E-state index in [0.29, 0.717) is 12.0 Å². The van der Waals surface area contributed by atoms with Crippen LogP contribution in [0.4, 0.5) is 0 Å². The second kappa shape index (κ2) is 9.79. The molecule has 1 atom stereocenters. The Balaban J connectivity index is 3.78. The fraction of sp³-hybridized carbons (Fsp3) is 0.688. The van der Waals surface area contributed by atoms with Gasteiger partial charge in [0.05, 0.1) is 0 Å². The molecular weight excluding hydrogens is 240 g/mol. The van der Waals surface area contributed by atoms with Crippen LogP contribution in [-0.4, -0.2) is 16.9 Å². The summed E-state index contributed by atoms with van der Waals surface area (Å²) in [6.45, 7) is 10.7. The van der Waals surface area contributed by atoms with E-state index in [0.717, 1.165) is 18.9 Å². The average molecular weight is 268 g/mol. The minimum atomic E-state index is -1.59. The maximum absolute atomic E-state index is 11.1. The molecule has 0 spiro atoms. The summed E-state index contributed by atoms with van der Waals surface area (Å²) in [5.41, 5.74) is 0.538. The van der Waals surface area contributed by atoms with Crippen molar-refractivity contribution in [2.45, 2.75) is 71.0 Å². The number of hydrogen-bond donors (Lipinski definition) is 1. The maximum Gasteiger partial charge on any atom is 0.332 e. The number of aliphatic hydroxyl groups is 1. The van der Waals surface area contributed by atoms with E-state index in [4.69, 9.17) is 4.74 Å². The maximum atomic E-state index is 11.1. The highest BCUT2D eigenvalue weighted by atomic mass is 16.7. The van der Waals surface area contributed by atoms with Gasteiger partial charge < -0.3 is 9.84 Å². The highest BCUT2D eigenvalue weighted by Gasteiger charge is 2.27. The highest BCUT2D eigenvalue weighted by Crippen LogP contribution is 2.22. The number of rotatable bonds is 11. The monoisotopic (exact) mass is 268 g/mol. The van der Waals surface area contributed by atoms with E-state index in [2.05, 4.69) is 20.1 Å². The molecule has 0 saturated heterocycles. The lowest BCUT2D eigenvalue weighted by atomic mass is 10.0. The van der Waals surface area contributed by atoms with E-state index >= 15 is 0 Å². The van der Waals surface area contributed by atoms with Crippen LogP contribution in [0.15, 0.2) is 24.8 Å². The lowest BCUT2D eigenvalue weighted by Gasteiger charge is -2.25. The largest absolute Gasteiger partial charge is 0.426 e. The van der Waals surface area contributed by atoms with E-state index in [1.165, 1.54) is 39.0 Å². The third-order valence-corrected chi connectivity index (χ3v) is 3.20. The Hall–Kier alpha value is -1.09. The van der Waals surface area contributed by atoms with Crippen LogP contribution in [0.3, 0.4) is 0 Å². The molecule has 0 bridgehead atoms. The third kappa shape index (κ3) is 8.60. The topological polar surface area (TPSA) is 46.5 Å². The van der Waals surface area contributed by atoms with Crippen LogP contribution in [0.25, 0.3) is 0 Å².